The Morgan fingerprint density at radius 3 is 1.57 bits per heavy atom. The first-order chi connectivity index (χ1) is 31.0. The molecule has 1 amide bonds. The third kappa shape index (κ3) is 10.8. The second kappa shape index (κ2) is 21.0. The van der Waals surface area contributed by atoms with Crippen LogP contribution in [0.3, 0.4) is 0 Å². The summed E-state index contributed by atoms with van der Waals surface area (Å²) in [5.74, 6) is -1.43. The van der Waals surface area contributed by atoms with Gasteiger partial charge in [-0.1, -0.05) is 36.4 Å². The summed E-state index contributed by atoms with van der Waals surface area (Å²) in [7, 11) is 0. The standard InChI is InChI=1S/C24H24F2N4OS.C15H20N2S.C9H6F2N2O2/c1-15-11-17(24(13-27)7-9-32-10-8-24)3-4-18(15)16(2)29-21(31)12-30-14-28-20-6-5-19(25)22(26)23(20)30;1-11-9-13(3-4-14(11)12(2)17)15(10-16)5-7-18-8-6-15;10-5-1-2-6-9(8(5)11)13(4-12-6)3-7(14)15/h3-6,11,14,16H,7-10,12H2,1-2H3,(H,29,31);3-4,9,12H,5-8,17H2,1-2H3;1-2,4H,3H2,(H,14,15). The number of rotatable bonds is 9. The van der Waals surface area contributed by atoms with Gasteiger partial charge in [0.1, 0.15) is 24.1 Å². The molecule has 2 unspecified atom stereocenters. The van der Waals surface area contributed by atoms with Crippen LogP contribution in [0.4, 0.5) is 17.6 Å². The molecule has 65 heavy (non-hydrogen) atoms. The summed E-state index contributed by atoms with van der Waals surface area (Å²) in [4.78, 5) is 30.9. The molecule has 2 fully saturated rings. The monoisotopic (exact) mass is 926 g/mol. The highest BCUT2D eigenvalue weighted by molar-refractivity contribution is 7.99. The first-order valence-electron chi connectivity index (χ1n) is 21.1. The first kappa shape index (κ1) is 48.6. The molecule has 2 saturated heterocycles. The lowest BCUT2D eigenvalue weighted by molar-refractivity contribution is -0.137. The van der Waals surface area contributed by atoms with Gasteiger partial charge in [-0.2, -0.15) is 34.0 Å². The molecule has 2 aliphatic heterocycles. The van der Waals surface area contributed by atoms with Crippen LogP contribution in [0, 0.1) is 59.8 Å². The predicted molar refractivity (Wildman–Crippen MR) is 246 cm³/mol. The maximum Gasteiger partial charge on any atom is 0.323 e. The molecule has 0 spiro atoms. The fraction of sp³-hybridized carbons (Fsp3) is 0.375. The Hall–Kier alpha value is -5.88. The lowest BCUT2D eigenvalue weighted by Gasteiger charge is -2.31. The third-order valence-corrected chi connectivity index (χ3v) is 14.0. The van der Waals surface area contributed by atoms with Crippen LogP contribution < -0.4 is 11.1 Å². The number of carboxylic acids is 1. The van der Waals surface area contributed by atoms with E-state index in [9.17, 15) is 37.7 Å². The van der Waals surface area contributed by atoms with Crippen molar-refractivity contribution >= 4 is 57.5 Å². The lowest BCUT2D eigenvalue weighted by Crippen LogP contribution is -2.31. The number of carbonyl (C=O) groups excluding carboxylic acids is 1. The van der Waals surface area contributed by atoms with Crippen molar-refractivity contribution in [2.45, 2.75) is 89.4 Å². The molecule has 8 rings (SSSR count). The molecule has 0 aliphatic carbocycles. The molecule has 2 aliphatic rings. The Bertz CT molecular complexity index is 2790. The van der Waals surface area contributed by atoms with Crippen molar-refractivity contribution in [3.05, 3.63) is 130 Å². The summed E-state index contributed by atoms with van der Waals surface area (Å²) in [6, 6.07) is 21.9. The van der Waals surface area contributed by atoms with E-state index < -0.39 is 41.2 Å². The van der Waals surface area contributed by atoms with Gasteiger partial charge in [0.2, 0.25) is 5.91 Å². The number of fused-ring (bicyclic) bond motifs is 2. The lowest BCUT2D eigenvalue weighted by atomic mass is 9.76. The van der Waals surface area contributed by atoms with Gasteiger partial charge >= 0.3 is 5.97 Å². The number of aliphatic carboxylic acids is 1. The van der Waals surface area contributed by atoms with E-state index in [1.54, 1.807) is 0 Å². The number of nitrogens with two attached hydrogens (primary N) is 1. The van der Waals surface area contributed by atoms with Gasteiger partial charge in [-0.3, -0.25) is 9.59 Å². The fourth-order valence-electron chi connectivity index (χ4n) is 8.41. The quantitative estimate of drug-likeness (QED) is 0.119. The molecule has 17 heteroatoms. The molecular weight excluding hydrogens is 877 g/mol. The number of nitrogens with one attached hydrogen (secondary N) is 1. The largest absolute Gasteiger partial charge is 0.480 e. The molecule has 4 heterocycles. The van der Waals surface area contributed by atoms with E-state index in [1.807, 2.05) is 56.4 Å². The number of halogens is 4. The number of benzene rings is 4. The zero-order chi connectivity index (χ0) is 47.1. The zero-order valence-electron chi connectivity index (χ0n) is 36.5. The zero-order valence-corrected chi connectivity index (χ0v) is 38.1. The number of hydrogen-bond acceptors (Lipinski definition) is 9. The molecule has 6 aromatic rings. The number of nitriles is 2. The highest BCUT2D eigenvalue weighted by atomic mass is 32.2. The smallest absolute Gasteiger partial charge is 0.323 e. The maximum absolute atomic E-state index is 14.2. The topological polar surface area (TPSA) is 176 Å². The second-order valence-electron chi connectivity index (χ2n) is 16.4. The minimum Gasteiger partial charge on any atom is -0.480 e. The van der Waals surface area contributed by atoms with E-state index in [2.05, 4.69) is 58.6 Å². The maximum atomic E-state index is 14.2. The van der Waals surface area contributed by atoms with Crippen LogP contribution in [0.15, 0.2) is 73.3 Å². The Balaban J connectivity index is 0.000000178. The molecule has 11 nitrogen and oxygen atoms in total. The van der Waals surface area contributed by atoms with E-state index in [0.29, 0.717) is 5.52 Å². The van der Waals surface area contributed by atoms with Crippen LogP contribution in [0.1, 0.15) is 85.0 Å². The Labute approximate surface area is 383 Å². The molecular formula is C48H50F4N8O3S2. The van der Waals surface area contributed by atoms with Crippen molar-refractivity contribution in [1.82, 2.24) is 24.4 Å². The van der Waals surface area contributed by atoms with Crippen LogP contribution in [-0.4, -0.2) is 59.1 Å². The molecule has 4 aromatic carbocycles. The highest BCUT2D eigenvalue weighted by Crippen LogP contribution is 2.40. The van der Waals surface area contributed by atoms with Crippen molar-refractivity contribution in [3.8, 4) is 12.1 Å². The van der Waals surface area contributed by atoms with E-state index in [4.69, 9.17) is 10.8 Å². The van der Waals surface area contributed by atoms with Crippen LogP contribution in [0.25, 0.3) is 22.1 Å². The number of aryl methyl sites for hydroxylation is 2. The Morgan fingerprint density at radius 1 is 0.738 bits per heavy atom. The molecule has 4 N–H and O–H groups in total. The number of carboxylic acid groups (broad SMARTS) is 1. The average molecular weight is 927 g/mol. The van der Waals surface area contributed by atoms with Crippen molar-refractivity contribution in [3.63, 3.8) is 0 Å². The second-order valence-corrected chi connectivity index (χ2v) is 18.9. The summed E-state index contributed by atoms with van der Waals surface area (Å²) in [5.41, 5.74) is 12.1. The van der Waals surface area contributed by atoms with Gasteiger partial charge in [0.15, 0.2) is 23.3 Å². The highest BCUT2D eigenvalue weighted by Gasteiger charge is 2.36. The summed E-state index contributed by atoms with van der Waals surface area (Å²) in [5, 5.41) is 30.9. The van der Waals surface area contributed by atoms with Gasteiger partial charge in [-0.15, -0.1) is 0 Å². The Morgan fingerprint density at radius 2 is 1.17 bits per heavy atom. The minimum absolute atomic E-state index is 0.0271. The third-order valence-electron chi connectivity index (χ3n) is 12.1. The summed E-state index contributed by atoms with van der Waals surface area (Å²) >= 11 is 3.83. The summed E-state index contributed by atoms with van der Waals surface area (Å²) in [6.07, 6.45) is 6.11. The van der Waals surface area contributed by atoms with E-state index in [0.717, 1.165) is 82.1 Å². The van der Waals surface area contributed by atoms with Gasteiger partial charge in [-0.05, 0) is 134 Å². The number of nitrogens with zero attached hydrogens (tertiary/aromatic N) is 6. The minimum atomic E-state index is -1.14. The van der Waals surface area contributed by atoms with Crippen LogP contribution in [0.5, 0.6) is 0 Å². The van der Waals surface area contributed by atoms with Gasteiger partial charge in [0.25, 0.3) is 0 Å². The normalized spacial score (nSPS) is 16.2. The number of aromatic nitrogens is 4. The molecule has 0 saturated carbocycles. The molecule has 0 radical (unpaired) electrons. The van der Waals surface area contributed by atoms with Crippen molar-refractivity contribution in [1.29, 1.82) is 10.5 Å². The number of imidazole rings is 2. The van der Waals surface area contributed by atoms with Gasteiger partial charge in [-0.25, -0.2) is 27.5 Å². The van der Waals surface area contributed by atoms with E-state index in [-0.39, 0.29) is 46.5 Å². The van der Waals surface area contributed by atoms with Gasteiger partial charge in [0, 0.05) is 6.04 Å². The number of amides is 1. The van der Waals surface area contributed by atoms with Crippen molar-refractivity contribution in [2.24, 2.45) is 5.73 Å². The van der Waals surface area contributed by atoms with Crippen LogP contribution >= 0.6 is 23.5 Å². The van der Waals surface area contributed by atoms with Gasteiger partial charge in [0.05, 0.1) is 52.7 Å². The van der Waals surface area contributed by atoms with Crippen molar-refractivity contribution in [2.75, 3.05) is 23.0 Å². The SMILES string of the molecule is Cc1cc(C2(C#N)CCSCC2)ccc1C(C)N.Cc1cc(C2(C#N)CCSCC2)ccc1C(C)NC(=O)Cn1cnc2ccc(F)c(F)c21.O=C(O)Cn1cnc2ccc(F)c(F)c21. The summed E-state index contributed by atoms with van der Waals surface area (Å²) < 4.78 is 56.3. The molecule has 2 atom stereocenters. The first-order valence-corrected chi connectivity index (χ1v) is 23.4. The van der Waals surface area contributed by atoms with Crippen LogP contribution in [-0.2, 0) is 33.5 Å². The predicted octanol–water partition coefficient (Wildman–Crippen LogP) is 9.49. The average Bonchev–Trinajstić information content (AvgIpc) is 3.90. The van der Waals surface area contributed by atoms with Crippen LogP contribution in [0.2, 0.25) is 0 Å². The Kier molecular flexibility index (Phi) is 15.7. The van der Waals surface area contributed by atoms with Gasteiger partial charge < -0.3 is 25.3 Å². The number of thioether (sulfide) groups is 2. The fourth-order valence-corrected chi connectivity index (χ4v) is 10.8. The molecule has 2 aromatic heterocycles. The van der Waals surface area contributed by atoms with E-state index >= 15 is 0 Å². The molecule has 340 valence electrons. The summed E-state index contributed by atoms with van der Waals surface area (Å²) in [6.45, 7) is 7.32. The number of carbonyl (C=O) groups is 2. The van der Waals surface area contributed by atoms with E-state index in [1.165, 1.54) is 46.0 Å². The number of hydrogen-bond donors (Lipinski definition) is 3. The van der Waals surface area contributed by atoms with Crippen molar-refractivity contribution < 1.29 is 32.3 Å². The molecule has 0 bridgehead atoms.